The third-order valence-corrected chi connectivity index (χ3v) is 5.01. The van der Waals surface area contributed by atoms with Crippen LogP contribution in [0.15, 0.2) is 54.9 Å². The third kappa shape index (κ3) is 3.12. The average molecular weight is 402 g/mol. The first-order valence-electron chi connectivity index (χ1n) is 9.50. The maximum atomic E-state index is 13.6. The highest BCUT2D eigenvalue weighted by Crippen LogP contribution is 2.33. The standard InChI is InChI=1S/C22H19FN6O/c1-12(30-21-9-14-8-15(23)4-5-17(14)28-22(21)24)16-10-18-19(27-13(2)26-18)11-20(16)29-7-3-6-25-29/h3-12H,1-2H3,(H2,24,28)(H,26,27)/t12-/m0/s1. The Morgan fingerprint density at radius 3 is 2.80 bits per heavy atom. The van der Waals surface area contributed by atoms with E-state index in [0.717, 1.165) is 28.1 Å². The molecule has 0 saturated heterocycles. The number of hydrogen-bond acceptors (Lipinski definition) is 5. The summed E-state index contributed by atoms with van der Waals surface area (Å²) in [6.07, 6.45) is 3.20. The van der Waals surface area contributed by atoms with Crippen LogP contribution in [0.5, 0.6) is 5.75 Å². The molecule has 3 aromatic heterocycles. The van der Waals surface area contributed by atoms with E-state index in [0.29, 0.717) is 16.7 Å². The molecule has 5 rings (SSSR count). The van der Waals surface area contributed by atoms with Crippen molar-refractivity contribution in [1.82, 2.24) is 24.7 Å². The first-order chi connectivity index (χ1) is 14.5. The lowest BCUT2D eigenvalue weighted by Gasteiger charge is -2.19. The van der Waals surface area contributed by atoms with Gasteiger partial charge in [0.05, 0.1) is 22.2 Å². The summed E-state index contributed by atoms with van der Waals surface area (Å²) in [4.78, 5) is 12.1. The van der Waals surface area contributed by atoms with E-state index >= 15 is 0 Å². The molecule has 7 nitrogen and oxygen atoms in total. The van der Waals surface area contributed by atoms with Gasteiger partial charge in [-0.25, -0.2) is 19.0 Å². The number of aromatic nitrogens is 5. The van der Waals surface area contributed by atoms with Gasteiger partial charge in [0.2, 0.25) is 0 Å². The minimum absolute atomic E-state index is 0.250. The van der Waals surface area contributed by atoms with Crippen molar-refractivity contribution in [2.45, 2.75) is 20.0 Å². The number of H-pyrrole nitrogens is 1. The van der Waals surface area contributed by atoms with E-state index in [-0.39, 0.29) is 17.7 Å². The summed E-state index contributed by atoms with van der Waals surface area (Å²) in [5.41, 5.74) is 10.2. The Kier molecular flexibility index (Phi) is 4.13. The van der Waals surface area contributed by atoms with E-state index in [2.05, 4.69) is 20.1 Å². The second-order valence-electron chi connectivity index (χ2n) is 7.17. The second-order valence-corrected chi connectivity index (χ2v) is 7.17. The number of nitrogens with two attached hydrogens (primary N) is 1. The second kappa shape index (κ2) is 6.84. The van der Waals surface area contributed by atoms with E-state index in [1.54, 1.807) is 23.0 Å². The van der Waals surface area contributed by atoms with Crippen LogP contribution in [-0.2, 0) is 0 Å². The van der Waals surface area contributed by atoms with E-state index < -0.39 is 0 Å². The van der Waals surface area contributed by atoms with Crippen molar-refractivity contribution in [1.29, 1.82) is 0 Å². The maximum absolute atomic E-state index is 13.6. The number of benzene rings is 2. The molecule has 3 N–H and O–H groups in total. The average Bonchev–Trinajstić information content (AvgIpc) is 3.36. The zero-order chi connectivity index (χ0) is 20.8. The highest BCUT2D eigenvalue weighted by atomic mass is 19.1. The Bertz CT molecular complexity index is 1380. The lowest BCUT2D eigenvalue weighted by atomic mass is 10.1. The van der Waals surface area contributed by atoms with Gasteiger partial charge in [-0.15, -0.1) is 0 Å². The highest BCUT2D eigenvalue weighted by Gasteiger charge is 2.19. The molecule has 0 aliphatic carbocycles. The van der Waals surface area contributed by atoms with Crippen LogP contribution in [0, 0.1) is 12.7 Å². The van der Waals surface area contributed by atoms with Gasteiger partial charge in [-0.3, -0.25) is 0 Å². The van der Waals surface area contributed by atoms with Crippen molar-refractivity contribution in [3.63, 3.8) is 0 Å². The number of nitrogens with zero attached hydrogens (tertiary/aromatic N) is 4. The smallest absolute Gasteiger partial charge is 0.166 e. The number of hydrogen-bond donors (Lipinski definition) is 2. The number of ether oxygens (including phenoxy) is 1. The summed E-state index contributed by atoms with van der Waals surface area (Å²) < 4.78 is 21.6. The number of anilines is 1. The summed E-state index contributed by atoms with van der Waals surface area (Å²) in [6.45, 7) is 3.83. The number of nitrogen functional groups attached to an aromatic ring is 1. The third-order valence-electron chi connectivity index (χ3n) is 5.01. The van der Waals surface area contributed by atoms with E-state index in [1.807, 2.05) is 38.2 Å². The molecule has 8 heteroatoms. The van der Waals surface area contributed by atoms with Crippen molar-refractivity contribution in [2.24, 2.45) is 0 Å². The van der Waals surface area contributed by atoms with Gasteiger partial charge in [-0.2, -0.15) is 5.10 Å². The Hall–Kier alpha value is -3.94. The van der Waals surface area contributed by atoms with E-state index in [4.69, 9.17) is 10.5 Å². The van der Waals surface area contributed by atoms with Crippen LogP contribution in [-0.4, -0.2) is 24.7 Å². The van der Waals surface area contributed by atoms with Crippen molar-refractivity contribution < 1.29 is 9.13 Å². The zero-order valence-corrected chi connectivity index (χ0v) is 16.4. The maximum Gasteiger partial charge on any atom is 0.166 e. The molecule has 1 atom stereocenters. The summed E-state index contributed by atoms with van der Waals surface area (Å²) >= 11 is 0. The van der Waals surface area contributed by atoms with Gasteiger partial charge in [-0.05, 0) is 56.3 Å². The number of halogens is 1. The molecule has 3 heterocycles. The lowest BCUT2D eigenvalue weighted by molar-refractivity contribution is 0.227. The van der Waals surface area contributed by atoms with Crippen molar-refractivity contribution in [2.75, 3.05) is 5.73 Å². The molecule has 0 spiro atoms. The molecule has 0 bridgehead atoms. The highest BCUT2D eigenvalue weighted by molar-refractivity contribution is 5.83. The van der Waals surface area contributed by atoms with Crippen molar-refractivity contribution in [3.05, 3.63) is 72.1 Å². The number of aryl methyl sites for hydroxylation is 1. The summed E-state index contributed by atoms with van der Waals surface area (Å²) in [5, 5.41) is 4.99. The van der Waals surface area contributed by atoms with E-state index in [1.165, 1.54) is 12.1 Å². The largest absolute Gasteiger partial charge is 0.482 e. The topological polar surface area (TPSA) is 94.6 Å². The van der Waals surface area contributed by atoms with Crippen LogP contribution in [0.4, 0.5) is 10.2 Å². The fraction of sp³-hybridized carbons (Fsp3) is 0.136. The number of imidazole rings is 1. The first-order valence-corrected chi connectivity index (χ1v) is 9.50. The Balaban J connectivity index is 1.59. The van der Waals surface area contributed by atoms with Gasteiger partial charge in [0.15, 0.2) is 11.6 Å². The van der Waals surface area contributed by atoms with Gasteiger partial charge in [-0.1, -0.05) is 0 Å². The fourth-order valence-corrected chi connectivity index (χ4v) is 3.62. The molecule has 2 aromatic carbocycles. The van der Waals surface area contributed by atoms with Crippen LogP contribution in [0.3, 0.4) is 0 Å². The SMILES string of the molecule is Cc1nc2cc(-n3cccn3)c([C@H](C)Oc3cc4cc(F)ccc4nc3N)cc2[nH]1. The molecule has 0 radical (unpaired) electrons. The molecule has 0 fully saturated rings. The number of rotatable bonds is 4. The number of pyridine rings is 1. The van der Waals surface area contributed by atoms with Gasteiger partial charge in [0.25, 0.3) is 0 Å². The predicted octanol–water partition coefficient (Wildman–Crippen LogP) is 4.47. The first kappa shape index (κ1) is 18.1. The quantitative estimate of drug-likeness (QED) is 0.463. The fourth-order valence-electron chi connectivity index (χ4n) is 3.62. The minimum Gasteiger partial charge on any atom is -0.482 e. The van der Waals surface area contributed by atoms with Gasteiger partial charge in [0, 0.05) is 23.3 Å². The number of aromatic amines is 1. The van der Waals surface area contributed by atoms with Crippen LogP contribution < -0.4 is 10.5 Å². The number of nitrogens with one attached hydrogen (secondary N) is 1. The monoisotopic (exact) mass is 402 g/mol. The molecular formula is C22H19FN6O. The van der Waals surface area contributed by atoms with Crippen LogP contribution in [0.25, 0.3) is 27.6 Å². The Morgan fingerprint density at radius 2 is 2.00 bits per heavy atom. The van der Waals surface area contributed by atoms with Crippen LogP contribution in [0.1, 0.15) is 24.4 Å². The Morgan fingerprint density at radius 1 is 1.13 bits per heavy atom. The molecule has 150 valence electrons. The predicted molar refractivity (Wildman–Crippen MR) is 113 cm³/mol. The molecule has 0 aliphatic heterocycles. The van der Waals surface area contributed by atoms with Crippen LogP contribution in [0.2, 0.25) is 0 Å². The summed E-state index contributed by atoms with van der Waals surface area (Å²) in [6, 6.07) is 11.9. The molecule has 0 aliphatic rings. The van der Waals surface area contributed by atoms with Gasteiger partial charge < -0.3 is 15.5 Å². The lowest BCUT2D eigenvalue weighted by Crippen LogP contribution is -2.10. The minimum atomic E-state index is -0.382. The molecule has 5 aromatic rings. The summed E-state index contributed by atoms with van der Waals surface area (Å²) in [7, 11) is 0. The number of fused-ring (bicyclic) bond motifs is 2. The molecule has 0 saturated carbocycles. The zero-order valence-electron chi connectivity index (χ0n) is 16.4. The van der Waals surface area contributed by atoms with Crippen LogP contribution >= 0.6 is 0 Å². The Labute approximate surface area is 171 Å². The normalized spacial score (nSPS) is 12.5. The van der Waals surface area contributed by atoms with E-state index in [9.17, 15) is 4.39 Å². The summed E-state index contributed by atoms with van der Waals surface area (Å²) in [5.74, 6) is 1.13. The van der Waals surface area contributed by atoms with Gasteiger partial charge >= 0.3 is 0 Å². The van der Waals surface area contributed by atoms with Crippen molar-refractivity contribution in [3.8, 4) is 11.4 Å². The van der Waals surface area contributed by atoms with Crippen molar-refractivity contribution >= 4 is 27.8 Å². The molecular weight excluding hydrogens is 383 g/mol. The molecule has 0 unspecified atom stereocenters. The molecule has 30 heavy (non-hydrogen) atoms. The van der Waals surface area contributed by atoms with Gasteiger partial charge in [0.1, 0.15) is 17.7 Å². The molecule has 0 amide bonds.